The molecule has 1 radical (unpaired) electrons. The van der Waals surface area contributed by atoms with E-state index in [1.165, 1.54) is 12.2 Å². The fourth-order valence-electron chi connectivity index (χ4n) is 0.482. The van der Waals surface area contributed by atoms with Crippen molar-refractivity contribution in [3.8, 4) is 0 Å². The summed E-state index contributed by atoms with van der Waals surface area (Å²) < 4.78 is 0. The molecule has 1 N–H and O–H groups in total. The van der Waals surface area contributed by atoms with E-state index in [-0.39, 0.29) is 0 Å². The Morgan fingerprint density at radius 1 is 1.56 bits per heavy atom. The van der Waals surface area contributed by atoms with E-state index < -0.39 is 0 Å². The lowest BCUT2D eigenvalue weighted by atomic mass is 10.1. The van der Waals surface area contributed by atoms with Gasteiger partial charge in [-0.2, -0.15) is 0 Å². The lowest BCUT2D eigenvalue weighted by Gasteiger charge is -2.01. The molecule has 0 saturated heterocycles. The van der Waals surface area contributed by atoms with Crippen LogP contribution in [0.5, 0.6) is 0 Å². The Balaban J connectivity index is 3.37. The van der Waals surface area contributed by atoms with Gasteiger partial charge in [0.2, 0.25) is 0 Å². The van der Waals surface area contributed by atoms with Crippen molar-refractivity contribution in [1.29, 1.82) is 0 Å². The molecule has 0 heterocycles. The summed E-state index contributed by atoms with van der Waals surface area (Å²) in [5.41, 5.74) is 1.31. The highest BCUT2D eigenvalue weighted by molar-refractivity contribution is 4.94. The Bertz CT molecular complexity index is 90.7. The molecule has 1 unspecified atom stereocenters. The molecule has 0 aliphatic rings. The van der Waals surface area contributed by atoms with Crippen LogP contribution in [0.4, 0.5) is 0 Å². The first-order valence-corrected chi connectivity index (χ1v) is 3.27. The molecule has 1 heteroatoms. The van der Waals surface area contributed by atoms with Crippen LogP contribution in [0.15, 0.2) is 11.6 Å². The molecule has 0 aliphatic carbocycles. The van der Waals surface area contributed by atoms with Crippen molar-refractivity contribution >= 4 is 0 Å². The van der Waals surface area contributed by atoms with Gasteiger partial charge in [0.05, 0.1) is 6.61 Å². The van der Waals surface area contributed by atoms with Crippen molar-refractivity contribution in [2.45, 2.75) is 27.2 Å². The predicted octanol–water partition coefficient (Wildman–Crippen LogP) is 2.51. The van der Waals surface area contributed by atoms with E-state index in [0.717, 1.165) is 6.42 Å². The monoisotopic (exact) mass is 127 g/mol. The molecule has 9 heavy (non-hydrogen) atoms. The summed E-state index contributed by atoms with van der Waals surface area (Å²) in [5, 5.41) is 8.49. The zero-order valence-electron chi connectivity index (χ0n) is 6.39. The lowest BCUT2D eigenvalue weighted by Crippen LogP contribution is -1.91. The van der Waals surface area contributed by atoms with Gasteiger partial charge >= 0.3 is 0 Å². The summed E-state index contributed by atoms with van der Waals surface area (Å²) in [4.78, 5) is 0. The van der Waals surface area contributed by atoms with Gasteiger partial charge in [-0.25, -0.2) is 0 Å². The maximum Gasteiger partial charge on any atom is 0.0830 e. The molecule has 0 fully saturated rings. The first-order chi connectivity index (χ1) is 4.16. The van der Waals surface area contributed by atoms with Crippen LogP contribution in [0.3, 0.4) is 0 Å². The van der Waals surface area contributed by atoms with Crippen molar-refractivity contribution in [2.75, 3.05) is 0 Å². The summed E-state index contributed by atoms with van der Waals surface area (Å²) in [6.07, 6.45) is 3.07. The standard InChI is InChI=1S/C8H15O/c1-7(2)4-5-8(3)6-9/h4,6,8-9H,5H2,1-3H3. The normalized spacial score (nSPS) is 12.9. The number of hydrogen-bond acceptors (Lipinski definition) is 1. The minimum atomic E-state index is 0.292. The SMILES string of the molecule is CC(C)=CCC(C)[CH]O. The highest BCUT2D eigenvalue weighted by atomic mass is 16.3. The Kier molecular flexibility index (Phi) is 4.41. The molecule has 0 saturated carbocycles. The first-order valence-electron chi connectivity index (χ1n) is 3.27. The van der Waals surface area contributed by atoms with Crippen LogP contribution < -0.4 is 0 Å². The molecule has 1 atom stereocenters. The van der Waals surface area contributed by atoms with Crippen LogP contribution in [-0.2, 0) is 0 Å². The van der Waals surface area contributed by atoms with Crippen molar-refractivity contribution in [3.63, 3.8) is 0 Å². The third-order valence-corrected chi connectivity index (χ3v) is 1.15. The van der Waals surface area contributed by atoms with Gasteiger partial charge in [0, 0.05) is 0 Å². The van der Waals surface area contributed by atoms with Gasteiger partial charge in [-0.15, -0.1) is 0 Å². The number of rotatable bonds is 3. The van der Waals surface area contributed by atoms with Crippen molar-refractivity contribution < 1.29 is 5.11 Å². The van der Waals surface area contributed by atoms with Gasteiger partial charge in [-0.3, -0.25) is 0 Å². The summed E-state index contributed by atoms with van der Waals surface area (Å²) in [5.74, 6) is 0.292. The largest absolute Gasteiger partial charge is 0.390 e. The van der Waals surface area contributed by atoms with Gasteiger partial charge in [0.1, 0.15) is 0 Å². The van der Waals surface area contributed by atoms with E-state index in [0.29, 0.717) is 5.92 Å². The highest BCUT2D eigenvalue weighted by Crippen LogP contribution is 2.06. The van der Waals surface area contributed by atoms with Crippen molar-refractivity contribution in [3.05, 3.63) is 18.3 Å². The second-order valence-corrected chi connectivity index (χ2v) is 2.64. The number of aliphatic hydroxyl groups is 1. The van der Waals surface area contributed by atoms with E-state index in [1.54, 1.807) is 0 Å². The molecule has 53 valence electrons. The summed E-state index contributed by atoms with van der Waals surface area (Å²) in [6, 6.07) is 0. The fraction of sp³-hybridized carbons (Fsp3) is 0.625. The molecule has 0 aromatic heterocycles. The average Bonchev–Trinajstić information content (AvgIpc) is 1.83. The summed E-state index contributed by atoms with van der Waals surface area (Å²) in [7, 11) is 0. The maximum absolute atomic E-state index is 8.49. The Hall–Kier alpha value is -0.300. The third kappa shape index (κ3) is 5.57. The van der Waals surface area contributed by atoms with Crippen LogP contribution >= 0.6 is 0 Å². The molecule has 0 rings (SSSR count). The van der Waals surface area contributed by atoms with Crippen LogP contribution in [0.1, 0.15) is 27.2 Å². The number of hydrogen-bond donors (Lipinski definition) is 1. The third-order valence-electron chi connectivity index (χ3n) is 1.15. The van der Waals surface area contributed by atoms with Crippen molar-refractivity contribution in [1.82, 2.24) is 0 Å². The number of aliphatic hydroxyl groups excluding tert-OH is 1. The first kappa shape index (κ1) is 8.70. The van der Waals surface area contributed by atoms with Crippen LogP contribution in [0, 0.1) is 12.5 Å². The lowest BCUT2D eigenvalue weighted by molar-refractivity contribution is 0.327. The minimum Gasteiger partial charge on any atom is -0.390 e. The number of allylic oxidation sites excluding steroid dienone is 2. The molecule has 0 amide bonds. The molecule has 0 aliphatic heterocycles. The van der Waals surface area contributed by atoms with Gasteiger partial charge < -0.3 is 5.11 Å². The van der Waals surface area contributed by atoms with E-state index in [9.17, 15) is 0 Å². The predicted molar refractivity (Wildman–Crippen MR) is 39.4 cm³/mol. The topological polar surface area (TPSA) is 20.2 Å². The van der Waals surface area contributed by atoms with Crippen LogP contribution in [0.25, 0.3) is 0 Å². The van der Waals surface area contributed by atoms with Crippen LogP contribution in [-0.4, -0.2) is 5.11 Å². The maximum atomic E-state index is 8.49. The van der Waals surface area contributed by atoms with Gasteiger partial charge in [-0.05, 0) is 26.2 Å². The molecular weight excluding hydrogens is 112 g/mol. The van der Waals surface area contributed by atoms with E-state index in [4.69, 9.17) is 5.11 Å². The molecule has 1 nitrogen and oxygen atoms in total. The molecule has 0 aromatic rings. The second-order valence-electron chi connectivity index (χ2n) is 2.64. The zero-order valence-corrected chi connectivity index (χ0v) is 6.39. The van der Waals surface area contributed by atoms with E-state index >= 15 is 0 Å². The Labute approximate surface area is 57.4 Å². The molecule has 0 bridgehead atoms. The van der Waals surface area contributed by atoms with Gasteiger partial charge in [0.15, 0.2) is 0 Å². The van der Waals surface area contributed by atoms with E-state index in [2.05, 4.69) is 19.9 Å². The molecule has 0 spiro atoms. The minimum absolute atomic E-state index is 0.292. The van der Waals surface area contributed by atoms with Gasteiger partial charge in [-0.1, -0.05) is 18.6 Å². The van der Waals surface area contributed by atoms with Crippen LogP contribution in [0.2, 0.25) is 0 Å². The highest BCUT2D eigenvalue weighted by Gasteiger charge is 1.95. The molecular formula is C8H15O. The Morgan fingerprint density at radius 3 is 2.44 bits per heavy atom. The molecule has 0 aromatic carbocycles. The Morgan fingerprint density at radius 2 is 2.11 bits per heavy atom. The van der Waals surface area contributed by atoms with Crippen molar-refractivity contribution in [2.24, 2.45) is 5.92 Å². The van der Waals surface area contributed by atoms with E-state index in [1.807, 2.05) is 6.92 Å². The zero-order chi connectivity index (χ0) is 7.28. The van der Waals surface area contributed by atoms with Gasteiger partial charge in [0.25, 0.3) is 0 Å². The fourth-order valence-corrected chi connectivity index (χ4v) is 0.482. The smallest absolute Gasteiger partial charge is 0.0830 e. The quantitative estimate of drug-likeness (QED) is 0.577. The average molecular weight is 127 g/mol. The second kappa shape index (κ2) is 4.57. The summed E-state index contributed by atoms with van der Waals surface area (Å²) >= 11 is 0. The summed E-state index contributed by atoms with van der Waals surface area (Å²) in [6.45, 7) is 7.34.